The molecular formula is C24H26N2O4. The Labute approximate surface area is 175 Å². The number of aromatic nitrogens is 1. The van der Waals surface area contributed by atoms with E-state index in [1.165, 1.54) is 13.2 Å². The number of pyridine rings is 1. The molecule has 4 rings (SSSR count). The molecule has 1 aliphatic heterocycles. The average molecular weight is 406 g/mol. The second-order valence-electron chi connectivity index (χ2n) is 7.62. The smallest absolute Gasteiger partial charge is 0.243 e. The molecule has 2 heterocycles. The van der Waals surface area contributed by atoms with Crippen LogP contribution in [0.15, 0.2) is 53.5 Å². The number of methoxy groups -OCH3 is 2. The number of likely N-dealkylation sites (tertiary alicyclic amines) is 1. The highest BCUT2D eigenvalue weighted by molar-refractivity contribution is 5.92. The second-order valence-corrected chi connectivity index (χ2v) is 7.62. The number of rotatable bonds is 5. The maximum Gasteiger partial charge on any atom is 0.243 e. The van der Waals surface area contributed by atoms with E-state index in [0.717, 1.165) is 47.2 Å². The van der Waals surface area contributed by atoms with E-state index in [-0.39, 0.29) is 29.7 Å². The summed E-state index contributed by atoms with van der Waals surface area (Å²) in [5.74, 6) is 1.11. The van der Waals surface area contributed by atoms with Gasteiger partial charge in [0, 0.05) is 23.7 Å². The Morgan fingerprint density at radius 1 is 1.07 bits per heavy atom. The van der Waals surface area contributed by atoms with Gasteiger partial charge in [0.1, 0.15) is 12.3 Å². The molecule has 0 radical (unpaired) electrons. The molecule has 1 aliphatic rings. The average Bonchev–Trinajstić information content (AvgIpc) is 3.24. The van der Waals surface area contributed by atoms with Crippen LogP contribution < -0.4 is 14.9 Å². The summed E-state index contributed by atoms with van der Waals surface area (Å²) in [6.07, 6.45) is 3.50. The van der Waals surface area contributed by atoms with Gasteiger partial charge in [0.15, 0.2) is 5.75 Å². The van der Waals surface area contributed by atoms with Crippen molar-refractivity contribution in [3.05, 3.63) is 70.1 Å². The Balaban J connectivity index is 1.66. The number of hydrogen-bond acceptors (Lipinski definition) is 4. The lowest BCUT2D eigenvalue weighted by molar-refractivity contribution is -0.132. The van der Waals surface area contributed by atoms with Gasteiger partial charge >= 0.3 is 0 Å². The molecule has 6 heteroatoms. The minimum atomic E-state index is -0.178. The molecule has 0 saturated carbocycles. The topological polar surface area (TPSA) is 60.8 Å². The van der Waals surface area contributed by atoms with Crippen molar-refractivity contribution in [2.24, 2.45) is 0 Å². The number of nitrogens with zero attached hydrogens (tertiary/aromatic N) is 2. The van der Waals surface area contributed by atoms with Gasteiger partial charge in [-0.05, 0) is 36.8 Å². The van der Waals surface area contributed by atoms with E-state index in [1.807, 2.05) is 30.0 Å². The third-order valence-electron chi connectivity index (χ3n) is 5.90. The summed E-state index contributed by atoms with van der Waals surface area (Å²) >= 11 is 0. The molecule has 30 heavy (non-hydrogen) atoms. The number of carbonyl (C=O) groups excluding carboxylic acids is 1. The fourth-order valence-corrected chi connectivity index (χ4v) is 4.36. The van der Waals surface area contributed by atoms with E-state index in [0.29, 0.717) is 0 Å². The monoisotopic (exact) mass is 406 g/mol. The van der Waals surface area contributed by atoms with Crippen LogP contribution in [0.25, 0.3) is 10.8 Å². The molecule has 1 saturated heterocycles. The summed E-state index contributed by atoms with van der Waals surface area (Å²) in [5, 5.41) is 2.17. The molecule has 3 aromatic rings. The summed E-state index contributed by atoms with van der Waals surface area (Å²) < 4.78 is 12.4. The summed E-state index contributed by atoms with van der Waals surface area (Å²) in [6.45, 7) is 2.72. The van der Waals surface area contributed by atoms with Crippen molar-refractivity contribution in [2.75, 3.05) is 20.8 Å². The van der Waals surface area contributed by atoms with Crippen LogP contribution in [0.5, 0.6) is 11.5 Å². The first-order chi connectivity index (χ1) is 14.5. The molecule has 156 valence electrons. The molecule has 2 aromatic carbocycles. The fourth-order valence-electron chi connectivity index (χ4n) is 4.36. The Hall–Kier alpha value is -3.28. The summed E-state index contributed by atoms with van der Waals surface area (Å²) in [5.41, 5.74) is 1.70. The lowest BCUT2D eigenvalue weighted by atomic mass is 9.96. The van der Waals surface area contributed by atoms with Gasteiger partial charge in [0.2, 0.25) is 11.3 Å². The van der Waals surface area contributed by atoms with Gasteiger partial charge in [-0.2, -0.15) is 0 Å². The normalized spacial score (nSPS) is 16.1. The lowest BCUT2D eigenvalue weighted by Crippen LogP contribution is -2.34. The van der Waals surface area contributed by atoms with Crippen molar-refractivity contribution < 1.29 is 14.3 Å². The molecule has 1 amide bonds. The van der Waals surface area contributed by atoms with E-state index >= 15 is 0 Å². The second kappa shape index (κ2) is 8.22. The van der Waals surface area contributed by atoms with Gasteiger partial charge in [-0.1, -0.05) is 30.3 Å². The van der Waals surface area contributed by atoms with Gasteiger partial charge in [-0.25, -0.2) is 0 Å². The highest BCUT2D eigenvalue weighted by Gasteiger charge is 2.31. The standard InChI is InChI=1S/C24H26N2O4/c1-16-13-21(27)23(30-3)14-25(16)15-24(28)26-12-6-9-20(26)18-10-11-22(29-2)19-8-5-4-7-17(18)19/h4-5,7-8,10-11,13-14,20H,6,9,12,15H2,1-3H3/t20-/m0/s1. The summed E-state index contributed by atoms with van der Waals surface area (Å²) in [6, 6.07) is 13.7. The van der Waals surface area contributed by atoms with Crippen molar-refractivity contribution in [3.63, 3.8) is 0 Å². The third-order valence-corrected chi connectivity index (χ3v) is 5.90. The van der Waals surface area contributed by atoms with E-state index in [9.17, 15) is 9.59 Å². The van der Waals surface area contributed by atoms with Gasteiger partial charge in [0.05, 0.1) is 26.5 Å². The molecule has 0 aliphatic carbocycles. The number of hydrogen-bond donors (Lipinski definition) is 0. The largest absolute Gasteiger partial charge is 0.496 e. The molecule has 1 fully saturated rings. The van der Waals surface area contributed by atoms with Crippen LogP contribution in [0.2, 0.25) is 0 Å². The third kappa shape index (κ3) is 3.54. The van der Waals surface area contributed by atoms with Gasteiger partial charge in [-0.3, -0.25) is 9.59 Å². The zero-order valence-corrected chi connectivity index (χ0v) is 17.6. The van der Waals surface area contributed by atoms with E-state index in [1.54, 1.807) is 17.9 Å². The summed E-state index contributed by atoms with van der Waals surface area (Å²) in [7, 11) is 3.14. The quantitative estimate of drug-likeness (QED) is 0.648. The Morgan fingerprint density at radius 3 is 2.53 bits per heavy atom. The molecule has 1 atom stereocenters. The highest BCUT2D eigenvalue weighted by atomic mass is 16.5. The van der Waals surface area contributed by atoms with Gasteiger partial charge in [0.25, 0.3) is 0 Å². The molecule has 0 unspecified atom stereocenters. The first-order valence-electron chi connectivity index (χ1n) is 10.1. The number of benzene rings is 2. The van der Waals surface area contributed by atoms with E-state index in [4.69, 9.17) is 9.47 Å². The molecule has 0 spiro atoms. The Kier molecular flexibility index (Phi) is 5.48. The van der Waals surface area contributed by atoms with Crippen LogP contribution in [-0.4, -0.2) is 36.1 Å². The van der Waals surface area contributed by atoms with E-state index in [2.05, 4.69) is 18.2 Å². The Bertz CT molecular complexity index is 1150. The number of amides is 1. The van der Waals surface area contributed by atoms with Crippen LogP contribution >= 0.6 is 0 Å². The minimum Gasteiger partial charge on any atom is -0.496 e. The van der Waals surface area contributed by atoms with Crippen molar-refractivity contribution in [1.82, 2.24) is 9.47 Å². The fraction of sp³-hybridized carbons (Fsp3) is 0.333. The van der Waals surface area contributed by atoms with Crippen LogP contribution in [0, 0.1) is 6.92 Å². The zero-order chi connectivity index (χ0) is 21.3. The molecule has 0 N–H and O–H groups in total. The van der Waals surface area contributed by atoms with Crippen molar-refractivity contribution >= 4 is 16.7 Å². The number of ether oxygens (including phenoxy) is 2. The molecule has 6 nitrogen and oxygen atoms in total. The first-order valence-corrected chi connectivity index (χ1v) is 10.1. The number of carbonyl (C=O) groups is 1. The SMILES string of the molecule is COc1cn(CC(=O)N2CCC[C@H]2c2ccc(OC)c3ccccc23)c(C)cc1=O. The van der Waals surface area contributed by atoms with Crippen LogP contribution in [0.3, 0.4) is 0 Å². The Morgan fingerprint density at radius 2 is 1.80 bits per heavy atom. The summed E-state index contributed by atoms with van der Waals surface area (Å²) in [4.78, 5) is 27.1. The molecule has 0 bridgehead atoms. The van der Waals surface area contributed by atoms with Gasteiger partial charge < -0.3 is 18.9 Å². The van der Waals surface area contributed by atoms with Crippen molar-refractivity contribution in [3.8, 4) is 11.5 Å². The predicted octanol–water partition coefficient (Wildman–Crippen LogP) is 3.69. The number of aryl methyl sites for hydroxylation is 1. The van der Waals surface area contributed by atoms with Crippen molar-refractivity contribution in [2.45, 2.75) is 32.4 Å². The van der Waals surface area contributed by atoms with Gasteiger partial charge in [-0.15, -0.1) is 0 Å². The van der Waals surface area contributed by atoms with Crippen LogP contribution in [-0.2, 0) is 11.3 Å². The van der Waals surface area contributed by atoms with Crippen LogP contribution in [0.1, 0.15) is 30.1 Å². The highest BCUT2D eigenvalue weighted by Crippen LogP contribution is 2.38. The maximum atomic E-state index is 13.3. The number of fused-ring (bicyclic) bond motifs is 1. The van der Waals surface area contributed by atoms with Crippen molar-refractivity contribution in [1.29, 1.82) is 0 Å². The minimum absolute atomic E-state index is 0.0230. The molecule has 1 aromatic heterocycles. The van der Waals surface area contributed by atoms with Crippen LogP contribution in [0.4, 0.5) is 0 Å². The predicted molar refractivity (Wildman–Crippen MR) is 116 cm³/mol. The van der Waals surface area contributed by atoms with E-state index < -0.39 is 0 Å². The first kappa shape index (κ1) is 20.0. The molecular weight excluding hydrogens is 380 g/mol. The lowest BCUT2D eigenvalue weighted by Gasteiger charge is -2.27. The maximum absolute atomic E-state index is 13.3. The zero-order valence-electron chi connectivity index (χ0n) is 17.6.